The molecule has 0 aromatic heterocycles. The molecule has 0 aliphatic heterocycles. The number of aliphatic carboxylic acids is 1. The summed E-state index contributed by atoms with van der Waals surface area (Å²) < 4.78 is 0. The van der Waals surface area contributed by atoms with Gasteiger partial charge in [-0.1, -0.05) is 70.4 Å². The molecule has 0 spiro atoms. The van der Waals surface area contributed by atoms with E-state index in [0.717, 1.165) is 12.8 Å². The Labute approximate surface area is 147 Å². The third kappa shape index (κ3) is 24.7. The van der Waals surface area contributed by atoms with Crippen LogP contribution in [0.2, 0.25) is 0 Å². The second kappa shape index (κ2) is 23.0. The van der Waals surface area contributed by atoms with Gasteiger partial charge in [0.15, 0.2) is 0 Å². The van der Waals surface area contributed by atoms with Gasteiger partial charge in [0.2, 0.25) is 0 Å². The first-order valence-corrected chi connectivity index (χ1v) is 8.64. The van der Waals surface area contributed by atoms with Gasteiger partial charge in [0, 0.05) is 23.5 Å². The standard InChI is InChI=1S/C18H34O2.Cu.H2O/c1-2-3-4-5-6-7-8-9-10-11-12-13-14-15-16-17-18(19)20;;/h9-10H,2-8,11-17H2,1H3,(H,19,20);;1H2/b10-9-;;. The smallest absolute Gasteiger partial charge is 0.303 e. The van der Waals surface area contributed by atoms with Gasteiger partial charge in [-0.15, -0.1) is 0 Å². The van der Waals surface area contributed by atoms with Gasteiger partial charge in [0.25, 0.3) is 0 Å². The van der Waals surface area contributed by atoms with E-state index in [4.69, 9.17) is 5.11 Å². The van der Waals surface area contributed by atoms with Gasteiger partial charge in [0.05, 0.1) is 0 Å². The van der Waals surface area contributed by atoms with Crippen LogP contribution in [0, 0.1) is 0 Å². The fourth-order valence-electron chi connectivity index (χ4n) is 2.35. The summed E-state index contributed by atoms with van der Waals surface area (Å²) in [6.45, 7) is 2.26. The molecule has 0 saturated carbocycles. The number of hydrogen-bond donors (Lipinski definition) is 1. The monoisotopic (exact) mass is 363 g/mol. The van der Waals surface area contributed by atoms with Crippen LogP contribution in [0.3, 0.4) is 0 Å². The molecule has 3 nitrogen and oxygen atoms in total. The first-order valence-electron chi connectivity index (χ1n) is 8.64. The van der Waals surface area contributed by atoms with Crippen molar-refractivity contribution in [3.05, 3.63) is 12.2 Å². The van der Waals surface area contributed by atoms with E-state index in [1.807, 2.05) is 0 Å². The molecular weight excluding hydrogens is 328 g/mol. The molecule has 0 atom stereocenters. The predicted molar refractivity (Wildman–Crippen MR) is 90.7 cm³/mol. The van der Waals surface area contributed by atoms with E-state index in [1.54, 1.807) is 0 Å². The summed E-state index contributed by atoms with van der Waals surface area (Å²) in [5.74, 6) is -0.664. The van der Waals surface area contributed by atoms with Crippen LogP contribution in [0.5, 0.6) is 0 Å². The summed E-state index contributed by atoms with van der Waals surface area (Å²) >= 11 is 0. The average Bonchev–Trinajstić information content (AvgIpc) is 2.43. The van der Waals surface area contributed by atoms with Crippen molar-refractivity contribution in [2.45, 2.75) is 96.8 Å². The van der Waals surface area contributed by atoms with E-state index in [1.165, 1.54) is 70.6 Å². The van der Waals surface area contributed by atoms with E-state index in [9.17, 15) is 4.79 Å². The summed E-state index contributed by atoms with van der Waals surface area (Å²) in [4.78, 5) is 10.3. The molecule has 137 valence electrons. The van der Waals surface area contributed by atoms with E-state index < -0.39 is 5.97 Å². The molecule has 0 aromatic carbocycles. The largest absolute Gasteiger partial charge is 0.481 e. The number of carbonyl (C=O) groups is 1. The second-order valence-electron chi connectivity index (χ2n) is 5.73. The van der Waals surface area contributed by atoms with E-state index >= 15 is 0 Å². The molecule has 0 heterocycles. The van der Waals surface area contributed by atoms with Gasteiger partial charge in [-0.2, -0.15) is 0 Å². The SMILES string of the molecule is CCCCCCCC/C=C\CCCCCCCC(=O)O.O.[Cu]. The summed E-state index contributed by atoms with van der Waals surface area (Å²) in [5, 5.41) is 8.51. The van der Waals surface area contributed by atoms with Crippen LogP contribution in [0.15, 0.2) is 12.2 Å². The minimum absolute atomic E-state index is 0. The van der Waals surface area contributed by atoms with Gasteiger partial charge in [0.1, 0.15) is 0 Å². The normalized spacial score (nSPS) is 10.2. The fraction of sp³-hybridized carbons (Fsp3) is 0.833. The predicted octanol–water partition coefficient (Wildman–Crippen LogP) is 5.28. The van der Waals surface area contributed by atoms with Crippen molar-refractivity contribution in [2.24, 2.45) is 0 Å². The van der Waals surface area contributed by atoms with Gasteiger partial charge < -0.3 is 10.6 Å². The van der Waals surface area contributed by atoms with Crippen molar-refractivity contribution in [2.75, 3.05) is 0 Å². The molecule has 0 aliphatic rings. The Hall–Kier alpha value is -0.311. The summed E-state index contributed by atoms with van der Waals surface area (Å²) in [6.07, 6.45) is 21.2. The molecule has 3 N–H and O–H groups in total. The number of allylic oxidation sites excluding steroid dienone is 2. The fourth-order valence-corrected chi connectivity index (χ4v) is 2.35. The van der Waals surface area contributed by atoms with Crippen LogP contribution < -0.4 is 0 Å². The molecule has 0 rings (SSSR count). The van der Waals surface area contributed by atoms with E-state index in [-0.39, 0.29) is 22.5 Å². The van der Waals surface area contributed by atoms with Crippen molar-refractivity contribution in [3.63, 3.8) is 0 Å². The number of unbranched alkanes of at least 4 members (excludes halogenated alkanes) is 11. The zero-order valence-corrected chi connectivity index (χ0v) is 15.2. The van der Waals surface area contributed by atoms with Crippen LogP contribution in [0.1, 0.15) is 96.8 Å². The first kappa shape index (κ1) is 26.6. The van der Waals surface area contributed by atoms with Crippen LogP contribution in [-0.4, -0.2) is 16.6 Å². The zero-order chi connectivity index (χ0) is 14.9. The van der Waals surface area contributed by atoms with Gasteiger partial charge in [-0.25, -0.2) is 0 Å². The molecule has 1 radical (unpaired) electrons. The van der Waals surface area contributed by atoms with Crippen molar-refractivity contribution >= 4 is 5.97 Å². The molecular formula is C18H36CuO3. The molecule has 0 fully saturated rings. The van der Waals surface area contributed by atoms with Crippen LogP contribution >= 0.6 is 0 Å². The molecule has 0 aliphatic carbocycles. The Morgan fingerprint density at radius 3 is 1.64 bits per heavy atom. The molecule has 0 aromatic rings. The van der Waals surface area contributed by atoms with Crippen LogP contribution in [0.25, 0.3) is 0 Å². The summed E-state index contributed by atoms with van der Waals surface area (Å²) in [6, 6.07) is 0. The maximum Gasteiger partial charge on any atom is 0.303 e. The third-order valence-electron chi connectivity index (χ3n) is 3.65. The number of rotatable bonds is 15. The van der Waals surface area contributed by atoms with Crippen LogP contribution in [-0.2, 0) is 21.9 Å². The third-order valence-corrected chi connectivity index (χ3v) is 3.65. The maximum absolute atomic E-state index is 10.3. The molecule has 0 unspecified atom stereocenters. The molecule has 0 amide bonds. The Balaban J connectivity index is -0.00000180. The number of carboxylic acids is 1. The topological polar surface area (TPSA) is 68.8 Å². The second-order valence-corrected chi connectivity index (χ2v) is 5.73. The van der Waals surface area contributed by atoms with E-state index in [0.29, 0.717) is 6.42 Å². The Bertz CT molecular complexity index is 242. The minimum Gasteiger partial charge on any atom is -0.481 e. The molecule has 4 heteroatoms. The molecule has 22 heavy (non-hydrogen) atoms. The maximum atomic E-state index is 10.3. The first-order chi connectivity index (χ1) is 9.77. The van der Waals surface area contributed by atoms with Crippen molar-refractivity contribution in [1.82, 2.24) is 0 Å². The Morgan fingerprint density at radius 1 is 0.773 bits per heavy atom. The quantitative estimate of drug-likeness (QED) is 0.244. The average molecular weight is 364 g/mol. The summed E-state index contributed by atoms with van der Waals surface area (Å²) in [7, 11) is 0. The molecule has 0 bridgehead atoms. The Kier molecular flexibility index (Phi) is 27.7. The van der Waals surface area contributed by atoms with Crippen molar-refractivity contribution < 1.29 is 32.4 Å². The van der Waals surface area contributed by atoms with Gasteiger partial charge in [-0.05, 0) is 32.1 Å². The van der Waals surface area contributed by atoms with Crippen LogP contribution in [0.4, 0.5) is 0 Å². The van der Waals surface area contributed by atoms with E-state index in [2.05, 4.69) is 19.1 Å². The minimum atomic E-state index is -0.664. The van der Waals surface area contributed by atoms with Crippen molar-refractivity contribution in [1.29, 1.82) is 0 Å². The Morgan fingerprint density at radius 2 is 1.18 bits per heavy atom. The zero-order valence-electron chi connectivity index (χ0n) is 14.2. The summed E-state index contributed by atoms with van der Waals surface area (Å²) in [5.41, 5.74) is 0. The van der Waals surface area contributed by atoms with Gasteiger partial charge in [-0.3, -0.25) is 4.79 Å². The number of hydrogen-bond acceptors (Lipinski definition) is 1. The number of carboxylic acid groups (broad SMARTS) is 1. The van der Waals surface area contributed by atoms with Gasteiger partial charge >= 0.3 is 5.97 Å². The molecule has 0 saturated heterocycles. The van der Waals surface area contributed by atoms with Crippen molar-refractivity contribution in [3.8, 4) is 0 Å².